The molecule has 25 heavy (non-hydrogen) atoms. The monoisotopic (exact) mass is 349 g/mol. The van der Waals surface area contributed by atoms with Gasteiger partial charge in [-0.25, -0.2) is 9.18 Å². The van der Waals surface area contributed by atoms with Crippen LogP contribution in [-0.2, 0) is 0 Å². The van der Waals surface area contributed by atoms with Crippen LogP contribution in [-0.4, -0.2) is 33.8 Å². The number of nitrogens with one attached hydrogen (secondary N) is 2. The van der Waals surface area contributed by atoms with E-state index < -0.39 is 35.5 Å². The van der Waals surface area contributed by atoms with Gasteiger partial charge in [0.15, 0.2) is 0 Å². The van der Waals surface area contributed by atoms with Crippen molar-refractivity contribution in [1.29, 1.82) is 0 Å². The Morgan fingerprint density at radius 3 is 2.40 bits per heavy atom. The molecule has 2 rings (SSSR count). The number of non-ortho nitro benzene ring substituents is 1. The summed E-state index contributed by atoms with van der Waals surface area (Å²) < 4.78 is 13.5. The molecule has 2 atom stereocenters. The Bertz CT molecular complexity index is 754. The van der Waals surface area contributed by atoms with E-state index in [1.54, 1.807) is 0 Å². The van der Waals surface area contributed by atoms with Gasteiger partial charge in [-0.05, 0) is 29.8 Å². The molecular weight excluding hydrogens is 333 g/mol. The molecule has 0 aromatic heterocycles. The zero-order valence-corrected chi connectivity index (χ0v) is 12.9. The number of aliphatic hydroxyl groups is 2. The van der Waals surface area contributed by atoms with Crippen molar-refractivity contribution in [3.05, 3.63) is 70.0 Å². The predicted octanol–water partition coefficient (Wildman–Crippen LogP) is 1.95. The first-order chi connectivity index (χ1) is 11.9. The van der Waals surface area contributed by atoms with Gasteiger partial charge in [0.2, 0.25) is 0 Å². The summed E-state index contributed by atoms with van der Waals surface area (Å²) in [4.78, 5) is 22.0. The molecule has 132 valence electrons. The van der Waals surface area contributed by atoms with Crippen LogP contribution in [0.1, 0.15) is 11.7 Å². The Morgan fingerprint density at radius 1 is 1.20 bits per heavy atom. The molecule has 0 saturated heterocycles. The summed E-state index contributed by atoms with van der Waals surface area (Å²) in [5.41, 5.74) is 0.0686. The van der Waals surface area contributed by atoms with Crippen LogP contribution in [0, 0.1) is 15.9 Å². The number of nitro groups is 1. The molecule has 2 unspecified atom stereocenters. The molecule has 0 bridgehead atoms. The molecule has 0 spiro atoms. The van der Waals surface area contributed by atoms with E-state index in [4.69, 9.17) is 0 Å². The minimum absolute atomic E-state index is 0.0542. The molecule has 4 N–H and O–H groups in total. The number of carbonyl (C=O) groups is 1. The van der Waals surface area contributed by atoms with Crippen molar-refractivity contribution in [2.24, 2.45) is 0 Å². The van der Waals surface area contributed by atoms with Crippen molar-refractivity contribution in [2.75, 3.05) is 11.9 Å². The molecule has 2 aromatic rings. The van der Waals surface area contributed by atoms with Gasteiger partial charge in [-0.3, -0.25) is 10.1 Å². The SMILES string of the molecule is O=C(Nc1ccccc1F)NC(CO)C(O)c1ccc([N+](=O)[O-])cc1. The normalized spacial score (nSPS) is 12.9. The summed E-state index contributed by atoms with van der Waals surface area (Å²) in [6.45, 7) is -0.594. The summed E-state index contributed by atoms with van der Waals surface area (Å²) >= 11 is 0. The number of nitrogens with zero attached hydrogens (tertiary/aromatic N) is 1. The zero-order valence-electron chi connectivity index (χ0n) is 12.9. The number of urea groups is 1. The van der Waals surface area contributed by atoms with Gasteiger partial charge in [-0.2, -0.15) is 0 Å². The van der Waals surface area contributed by atoms with Crippen LogP contribution in [0.4, 0.5) is 20.6 Å². The molecular formula is C16H16FN3O5. The van der Waals surface area contributed by atoms with Gasteiger partial charge in [0, 0.05) is 12.1 Å². The summed E-state index contributed by atoms with van der Waals surface area (Å²) in [7, 11) is 0. The first-order valence-electron chi connectivity index (χ1n) is 7.27. The lowest BCUT2D eigenvalue weighted by molar-refractivity contribution is -0.384. The summed E-state index contributed by atoms with van der Waals surface area (Å²) in [5.74, 6) is -0.630. The number of halogens is 1. The molecule has 0 aliphatic carbocycles. The van der Waals surface area contributed by atoms with Crippen molar-refractivity contribution in [3.8, 4) is 0 Å². The van der Waals surface area contributed by atoms with E-state index in [0.717, 1.165) is 0 Å². The maximum absolute atomic E-state index is 13.5. The highest BCUT2D eigenvalue weighted by Gasteiger charge is 2.23. The highest BCUT2D eigenvalue weighted by atomic mass is 19.1. The smallest absolute Gasteiger partial charge is 0.319 e. The van der Waals surface area contributed by atoms with Crippen LogP contribution in [0.2, 0.25) is 0 Å². The lowest BCUT2D eigenvalue weighted by atomic mass is 10.0. The Labute approximate surface area is 142 Å². The number of nitro benzene ring substituents is 1. The number of hydrogen-bond donors (Lipinski definition) is 4. The van der Waals surface area contributed by atoms with Crippen molar-refractivity contribution >= 4 is 17.4 Å². The quantitative estimate of drug-likeness (QED) is 0.469. The second-order valence-corrected chi connectivity index (χ2v) is 5.16. The number of aliphatic hydroxyl groups excluding tert-OH is 2. The lowest BCUT2D eigenvalue weighted by Crippen LogP contribution is -2.44. The van der Waals surface area contributed by atoms with E-state index in [9.17, 15) is 29.5 Å². The van der Waals surface area contributed by atoms with Gasteiger partial charge >= 0.3 is 6.03 Å². The van der Waals surface area contributed by atoms with E-state index in [-0.39, 0.29) is 16.9 Å². The molecule has 0 aliphatic heterocycles. The van der Waals surface area contributed by atoms with Crippen LogP contribution in [0.5, 0.6) is 0 Å². The first kappa shape index (κ1) is 18.3. The predicted molar refractivity (Wildman–Crippen MR) is 87.5 cm³/mol. The van der Waals surface area contributed by atoms with Crippen molar-refractivity contribution in [2.45, 2.75) is 12.1 Å². The van der Waals surface area contributed by atoms with Crippen LogP contribution in [0.15, 0.2) is 48.5 Å². The highest BCUT2D eigenvalue weighted by molar-refractivity contribution is 5.89. The fourth-order valence-corrected chi connectivity index (χ4v) is 2.14. The number of hydrogen-bond acceptors (Lipinski definition) is 5. The fraction of sp³-hybridized carbons (Fsp3) is 0.188. The standard InChI is InChI=1S/C16H16FN3O5/c17-12-3-1-2-4-13(12)18-16(23)19-14(9-21)15(22)10-5-7-11(8-6-10)20(24)25/h1-8,14-15,21-22H,9H2,(H2,18,19,23). The second kappa shape index (κ2) is 8.18. The highest BCUT2D eigenvalue weighted by Crippen LogP contribution is 2.20. The van der Waals surface area contributed by atoms with Gasteiger partial charge in [-0.1, -0.05) is 12.1 Å². The average Bonchev–Trinajstić information content (AvgIpc) is 2.61. The molecule has 0 fully saturated rings. The molecule has 2 aromatic carbocycles. The van der Waals surface area contributed by atoms with Crippen LogP contribution in [0.25, 0.3) is 0 Å². The second-order valence-electron chi connectivity index (χ2n) is 5.16. The molecule has 0 saturated carbocycles. The van der Waals surface area contributed by atoms with E-state index in [1.165, 1.54) is 48.5 Å². The van der Waals surface area contributed by atoms with Crippen molar-refractivity contribution in [1.82, 2.24) is 5.32 Å². The minimum Gasteiger partial charge on any atom is -0.394 e. The third-order valence-corrected chi connectivity index (χ3v) is 3.46. The molecule has 2 amide bonds. The summed E-state index contributed by atoms with van der Waals surface area (Å²) in [5, 5.41) is 34.8. The number of rotatable bonds is 6. The lowest BCUT2D eigenvalue weighted by Gasteiger charge is -2.22. The molecule has 0 heterocycles. The maximum Gasteiger partial charge on any atom is 0.319 e. The number of anilines is 1. The van der Waals surface area contributed by atoms with Gasteiger partial charge in [0.05, 0.1) is 23.3 Å². The largest absolute Gasteiger partial charge is 0.394 e. The number of amides is 2. The maximum atomic E-state index is 13.5. The third kappa shape index (κ3) is 4.72. The van der Waals surface area contributed by atoms with Crippen LogP contribution < -0.4 is 10.6 Å². The molecule has 0 aliphatic rings. The topological polar surface area (TPSA) is 125 Å². The average molecular weight is 349 g/mol. The van der Waals surface area contributed by atoms with E-state index in [2.05, 4.69) is 10.6 Å². The summed E-state index contributed by atoms with van der Waals surface area (Å²) in [6.07, 6.45) is -1.31. The van der Waals surface area contributed by atoms with E-state index in [0.29, 0.717) is 0 Å². The number of para-hydroxylation sites is 1. The Hall–Kier alpha value is -3.04. The van der Waals surface area contributed by atoms with Crippen molar-refractivity contribution in [3.63, 3.8) is 0 Å². The van der Waals surface area contributed by atoms with E-state index >= 15 is 0 Å². The van der Waals surface area contributed by atoms with Crippen LogP contribution >= 0.6 is 0 Å². The first-order valence-corrected chi connectivity index (χ1v) is 7.27. The van der Waals surface area contributed by atoms with Gasteiger partial charge in [0.25, 0.3) is 5.69 Å². The van der Waals surface area contributed by atoms with Gasteiger partial charge in [0.1, 0.15) is 11.9 Å². The Balaban J connectivity index is 2.04. The van der Waals surface area contributed by atoms with Crippen LogP contribution in [0.3, 0.4) is 0 Å². The summed E-state index contributed by atoms with van der Waals surface area (Å²) in [6, 6.07) is 8.67. The zero-order chi connectivity index (χ0) is 18.4. The number of benzene rings is 2. The minimum atomic E-state index is -1.31. The van der Waals surface area contributed by atoms with Gasteiger partial charge in [-0.15, -0.1) is 0 Å². The molecule has 9 heteroatoms. The van der Waals surface area contributed by atoms with E-state index in [1.807, 2.05) is 0 Å². The molecule has 8 nitrogen and oxygen atoms in total. The fourth-order valence-electron chi connectivity index (χ4n) is 2.14. The Morgan fingerprint density at radius 2 is 1.84 bits per heavy atom. The Kier molecular flexibility index (Phi) is 5.98. The molecule has 0 radical (unpaired) electrons. The number of carbonyl (C=O) groups excluding carboxylic acids is 1. The van der Waals surface area contributed by atoms with Crippen molar-refractivity contribution < 1.29 is 24.3 Å². The van der Waals surface area contributed by atoms with Gasteiger partial charge < -0.3 is 20.8 Å². The third-order valence-electron chi connectivity index (χ3n) is 3.46.